The highest BCUT2D eigenvalue weighted by molar-refractivity contribution is 6.31. The zero-order valence-electron chi connectivity index (χ0n) is 27.5. The molecule has 3 amide bonds. The third-order valence-electron chi connectivity index (χ3n) is 9.27. The monoisotopic (exact) mass is 727 g/mol. The second-order valence-corrected chi connectivity index (χ2v) is 13.1. The molecule has 4 aromatic rings. The number of anilines is 1. The van der Waals surface area contributed by atoms with E-state index in [2.05, 4.69) is 25.4 Å². The quantitative estimate of drug-likeness (QED) is 0.228. The van der Waals surface area contributed by atoms with E-state index in [0.29, 0.717) is 63.5 Å². The second kappa shape index (κ2) is 15.2. The molecule has 3 aromatic heterocycles. The average molecular weight is 728 g/mol. The van der Waals surface area contributed by atoms with Crippen LogP contribution in [0.15, 0.2) is 49.1 Å². The van der Waals surface area contributed by atoms with Crippen molar-refractivity contribution in [1.29, 1.82) is 0 Å². The Bertz CT molecular complexity index is 1890. The number of nitrogens with one attached hydrogen (secondary N) is 1. The molecule has 7 rings (SSSR count). The van der Waals surface area contributed by atoms with Crippen LogP contribution in [0.3, 0.4) is 0 Å². The summed E-state index contributed by atoms with van der Waals surface area (Å²) in [6.45, 7) is 2.88. The summed E-state index contributed by atoms with van der Waals surface area (Å²) in [5, 5.41) is 11.7. The predicted octanol–water partition coefficient (Wildman–Crippen LogP) is 3.35. The smallest absolute Gasteiger partial charge is 0.409 e. The third-order valence-corrected chi connectivity index (χ3v) is 9.51. The zero-order chi connectivity index (χ0) is 35.5. The number of fused-ring (bicyclic) bond motifs is 2. The number of ether oxygens (including phenoxy) is 3. The molecule has 3 fully saturated rings. The number of hydrogen-bond acceptors (Lipinski definition) is 10. The molecule has 0 aliphatic carbocycles. The van der Waals surface area contributed by atoms with Crippen LogP contribution in [0.1, 0.15) is 16.8 Å². The van der Waals surface area contributed by atoms with Gasteiger partial charge in [-0.2, -0.15) is 19.0 Å². The summed E-state index contributed by atoms with van der Waals surface area (Å²) in [5.74, 6) is -0.312. The molecule has 270 valence electrons. The molecule has 0 unspecified atom stereocenters. The predicted molar refractivity (Wildman–Crippen MR) is 179 cm³/mol. The average Bonchev–Trinajstić information content (AvgIpc) is 3.90. The Morgan fingerprint density at radius 2 is 1.86 bits per heavy atom. The van der Waals surface area contributed by atoms with E-state index in [1.54, 1.807) is 17.2 Å². The minimum Gasteiger partial charge on any atom is -0.449 e. The van der Waals surface area contributed by atoms with E-state index in [1.165, 1.54) is 46.0 Å². The van der Waals surface area contributed by atoms with Crippen LogP contribution in [-0.4, -0.2) is 129 Å². The normalized spacial score (nSPS) is 19.1. The molecule has 15 nitrogen and oxygen atoms in total. The van der Waals surface area contributed by atoms with E-state index in [-0.39, 0.29) is 51.8 Å². The molecule has 0 spiro atoms. The number of morpholine rings is 1. The maximum absolute atomic E-state index is 13.6. The Hall–Kier alpha value is -4.87. The Kier molecular flexibility index (Phi) is 10.3. The number of aromatic nitrogens is 5. The Morgan fingerprint density at radius 3 is 2.63 bits per heavy atom. The molecule has 18 heteroatoms. The van der Waals surface area contributed by atoms with E-state index < -0.39 is 12.5 Å². The van der Waals surface area contributed by atoms with Crippen molar-refractivity contribution in [3.8, 4) is 17.0 Å². The first-order valence-electron chi connectivity index (χ1n) is 16.6. The topological polar surface area (TPSA) is 149 Å². The first kappa shape index (κ1) is 34.6. The van der Waals surface area contributed by atoms with Gasteiger partial charge in [0.1, 0.15) is 23.6 Å². The summed E-state index contributed by atoms with van der Waals surface area (Å²) < 4.78 is 45.0. The number of rotatable bonds is 11. The fourth-order valence-corrected chi connectivity index (χ4v) is 7.03. The minimum atomic E-state index is -3.13. The number of benzene rings is 1. The van der Waals surface area contributed by atoms with Crippen LogP contribution in [0, 0.1) is 11.8 Å². The van der Waals surface area contributed by atoms with E-state index in [9.17, 15) is 23.2 Å². The summed E-state index contributed by atoms with van der Waals surface area (Å²) in [5.41, 5.74) is 0.826. The van der Waals surface area contributed by atoms with Crippen molar-refractivity contribution in [2.45, 2.75) is 19.6 Å². The highest BCUT2D eigenvalue weighted by Crippen LogP contribution is 2.37. The first-order chi connectivity index (χ1) is 24.7. The number of nitrogens with zero attached hydrogens (tertiary/aromatic N) is 8. The lowest BCUT2D eigenvalue weighted by atomic mass is 10.0. The molecule has 2 atom stereocenters. The zero-order valence-corrected chi connectivity index (χ0v) is 28.3. The van der Waals surface area contributed by atoms with Crippen LogP contribution in [0.4, 0.5) is 19.3 Å². The fourth-order valence-electron chi connectivity index (χ4n) is 6.86. The number of carbonyl (C=O) groups is 3. The van der Waals surface area contributed by atoms with Gasteiger partial charge in [-0.05, 0) is 42.5 Å². The van der Waals surface area contributed by atoms with Crippen LogP contribution < -0.4 is 10.1 Å². The van der Waals surface area contributed by atoms with Gasteiger partial charge < -0.3 is 34.2 Å². The molecule has 1 aromatic carbocycles. The highest BCUT2D eigenvalue weighted by atomic mass is 35.5. The molecule has 3 aliphatic rings. The number of alkyl halides is 2. The summed E-state index contributed by atoms with van der Waals surface area (Å²) >= 11 is 6.25. The molecule has 0 saturated carbocycles. The lowest BCUT2D eigenvalue weighted by Gasteiger charge is -2.26. The van der Waals surface area contributed by atoms with Crippen molar-refractivity contribution in [2.24, 2.45) is 11.8 Å². The minimum absolute atomic E-state index is 0.0864. The molecular weight excluding hydrogens is 692 g/mol. The van der Waals surface area contributed by atoms with Gasteiger partial charge in [-0.1, -0.05) is 11.6 Å². The standard InChI is InChI=1S/C33H36ClF2N9O6/c34-23-3-4-27(51-32(35)36)24(13-23)29-26(39-31(47)25-14-38-45-7-1-5-37-30(25)45)19-44(40-29)20-28(46)43-17-21-15-41(16-22(21)18-43)6-2-10-50-33(48)42-8-11-49-12-9-42/h1,3-5,7,13-14,19,21-22,32H,2,6,8-12,15-18,20H2,(H,39,47)/t21-,22+. The van der Waals surface area contributed by atoms with Gasteiger partial charge in [0, 0.05) is 75.0 Å². The van der Waals surface area contributed by atoms with Crippen LogP contribution >= 0.6 is 11.6 Å². The Labute approximate surface area is 296 Å². The molecular formula is C33H36ClF2N9O6. The van der Waals surface area contributed by atoms with Gasteiger partial charge in [-0.25, -0.2) is 14.3 Å². The van der Waals surface area contributed by atoms with Gasteiger partial charge in [-0.3, -0.25) is 14.3 Å². The summed E-state index contributed by atoms with van der Waals surface area (Å²) in [4.78, 5) is 49.2. The van der Waals surface area contributed by atoms with Crippen molar-refractivity contribution >= 4 is 40.8 Å². The lowest BCUT2D eigenvalue weighted by Crippen LogP contribution is -2.41. The van der Waals surface area contributed by atoms with Crippen LogP contribution in [-0.2, 0) is 20.8 Å². The van der Waals surface area contributed by atoms with E-state index in [1.807, 2.05) is 4.90 Å². The largest absolute Gasteiger partial charge is 0.449 e. The van der Waals surface area contributed by atoms with Gasteiger partial charge in [0.05, 0.1) is 31.7 Å². The van der Waals surface area contributed by atoms with Gasteiger partial charge >= 0.3 is 12.7 Å². The third kappa shape index (κ3) is 7.89. The van der Waals surface area contributed by atoms with Crippen molar-refractivity contribution in [2.75, 3.05) is 71.0 Å². The van der Waals surface area contributed by atoms with Gasteiger partial charge in [0.2, 0.25) is 5.91 Å². The van der Waals surface area contributed by atoms with Crippen LogP contribution in [0.25, 0.3) is 16.9 Å². The van der Waals surface area contributed by atoms with Crippen molar-refractivity contribution in [3.05, 3.63) is 59.6 Å². The van der Waals surface area contributed by atoms with Crippen LogP contribution in [0.2, 0.25) is 5.02 Å². The molecule has 51 heavy (non-hydrogen) atoms. The first-order valence-corrected chi connectivity index (χ1v) is 17.0. The van der Waals surface area contributed by atoms with Gasteiger partial charge in [0.25, 0.3) is 5.91 Å². The van der Waals surface area contributed by atoms with Crippen LogP contribution in [0.5, 0.6) is 5.75 Å². The van der Waals surface area contributed by atoms with E-state index in [4.69, 9.17) is 25.8 Å². The lowest BCUT2D eigenvalue weighted by molar-refractivity contribution is -0.131. The highest BCUT2D eigenvalue weighted by Gasteiger charge is 2.41. The molecule has 3 saturated heterocycles. The van der Waals surface area contributed by atoms with Crippen molar-refractivity contribution in [3.63, 3.8) is 0 Å². The number of carbonyl (C=O) groups excluding carboxylic acids is 3. The fraction of sp³-hybridized carbons (Fsp3) is 0.455. The summed E-state index contributed by atoms with van der Waals surface area (Å²) in [6.07, 6.45) is 6.43. The molecule has 1 N–H and O–H groups in total. The molecule has 0 radical (unpaired) electrons. The summed E-state index contributed by atoms with van der Waals surface area (Å²) in [7, 11) is 0. The Balaban J connectivity index is 0.997. The van der Waals surface area contributed by atoms with E-state index >= 15 is 0 Å². The number of halogens is 3. The number of amides is 3. The van der Waals surface area contributed by atoms with Gasteiger partial charge in [0.15, 0.2) is 5.65 Å². The molecule has 6 heterocycles. The molecule has 3 aliphatic heterocycles. The SMILES string of the molecule is O=C(Nc1cn(CC(=O)N2C[C@H]3CN(CCCOC(=O)N4CCOCC4)C[C@H]3C2)nc1-c1cc(Cl)ccc1OC(F)F)c1cnn2cccnc12. The Morgan fingerprint density at radius 1 is 1.08 bits per heavy atom. The number of hydrogen-bond donors (Lipinski definition) is 1. The van der Waals surface area contributed by atoms with Crippen molar-refractivity contribution < 1.29 is 37.4 Å². The maximum Gasteiger partial charge on any atom is 0.409 e. The number of likely N-dealkylation sites (tertiary alicyclic amines) is 2. The summed E-state index contributed by atoms with van der Waals surface area (Å²) in [6, 6.07) is 5.77. The second-order valence-electron chi connectivity index (χ2n) is 12.7. The molecule has 0 bridgehead atoms. The van der Waals surface area contributed by atoms with E-state index in [0.717, 1.165) is 26.1 Å². The van der Waals surface area contributed by atoms with Gasteiger partial charge in [-0.15, -0.1) is 0 Å². The van der Waals surface area contributed by atoms with Crippen molar-refractivity contribution in [1.82, 2.24) is 39.1 Å². The maximum atomic E-state index is 13.6.